The van der Waals surface area contributed by atoms with Gasteiger partial charge in [0.2, 0.25) is 0 Å². The van der Waals surface area contributed by atoms with Crippen LogP contribution in [0.1, 0.15) is 58.3 Å². The highest BCUT2D eigenvalue weighted by Crippen LogP contribution is 2.12. The summed E-state index contributed by atoms with van der Waals surface area (Å²) in [6, 6.07) is 9.27. The van der Waals surface area contributed by atoms with Gasteiger partial charge in [0.1, 0.15) is 5.75 Å². The molecule has 0 aliphatic heterocycles. The average Bonchev–Trinajstić information content (AvgIpc) is 2.39. The molecule has 0 unspecified atom stereocenters. The van der Waals surface area contributed by atoms with Crippen molar-refractivity contribution in [3.8, 4) is 5.75 Å². The van der Waals surface area contributed by atoms with E-state index in [0.29, 0.717) is 12.2 Å². The van der Waals surface area contributed by atoms with Gasteiger partial charge in [-0.2, -0.15) is 0 Å². The molecule has 100 valence electrons. The molecule has 0 aliphatic rings. The Morgan fingerprint density at radius 1 is 0.944 bits per heavy atom. The number of carbonyl (C=O) groups excluding carboxylic acids is 1. The number of para-hydroxylation sites is 1. The normalized spacial score (nSPS) is 10.3. The molecule has 0 aromatic heterocycles. The Balaban J connectivity index is 2.00. The quantitative estimate of drug-likeness (QED) is 0.358. The van der Waals surface area contributed by atoms with Crippen molar-refractivity contribution in [2.45, 2.75) is 58.3 Å². The highest BCUT2D eigenvalue weighted by Gasteiger charge is 2.03. The fourth-order valence-electron chi connectivity index (χ4n) is 1.90. The molecule has 18 heavy (non-hydrogen) atoms. The predicted molar refractivity (Wildman–Crippen MR) is 74.7 cm³/mol. The molecule has 1 rings (SSSR count). The summed E-state index contributed by atoms with van der Waals surface area (Å²) in [7, 11) is 0. The second-order valence-electron chi connectivity index (χ2n) is 4.66. The molecule has 0 N–H and O–H groups in total. The minimum Gasteiger partial charge on any atom is -0.427 e. The van der Waals surface area contributed by atoms with E-state index >= 15 is 0 Å². The van der Waals surface area contributed by atoms with Gasteiger partial charge in [0.05, 0.1) is 0 Å². The SMILES string of the molecule is CCCCCCCCCC(=O)Oc1ccccc1. The van der Waals surface area contributed by atoms with Crippen molar-refractivity contribution in [1.82, 2.24) is 0 Å². The van der Waals surface area contributed by atoms with Gasteiger partial charge in [-0.1, -0.05) is 63.6 Å². The Morgan fingerprint density at radius 2 is 1.56 bits per heavy atom. The van der Waals surface area contributed by atoms with Crippen LogP contribution in [0.15, 0.2) is 30.3 Å². The van der Waals surface area contributed by atoms with Crippen LogP contribution < -0.4 is 4.74 Å². The van der Waals surface area contributed by atoms with Gasteiger partial charge < -0.3 is 4.74 Å². The van der Waals surface area contributed by atoms with Gasteiger partial charge in [-0.25, -0.2) is 0 Å². The smallest absolute Gasteiger partial charge is 0.311 e. The summed E-state index contributed by atoms with van der Waals surface area (Å²) in [5, 5.41) is 0. The average molecular weight is 248 g/mol. The maximum absolute atomic E-state index is 11.5. The third kappa shape index (κ3) is 7.10. The largest absolute Gasteiger partial charge is 0.427 e. The lowest BCUT2D eigenvalue weighted by molar-refractivity contribution is -0.134. The summed E-state index contributed by atoms with van der Waals surface area (Å²) >= 11 is 0. The summed E-state index contributed by atoms with van der Waals surface area (Å²) in [5.41, 5.74) is 0. The van der Waals surface area contributed by atoms with Crippen LogP contribution in [-0.4, -0.2) is 5.97 Å². The zero-order valence-corrected chi connectivity index (χ0v) is 11.4. The van der Waals surface area contributed by atoms with E-state index in [1.807, 2.05) is 30.3 Å². The summed E-state index contributed by atoms with van der Waals surface area (Å²) in [4.78, 5) is 11.5. The maximum Gasteiger partial charge on any atom is 0.311 e. The predicted octanol–water partition coefficient (Wildman–Crippen LogP) is 4.73. The van der Waals surface area contributed by atoms with Gasteiger partial charge >= 0.3 is 5.97 Å². The van der Waals surface area contributed by atoms with E-state index in [1.54, 1.807) is 0 Å². The van der Waals surface area contributed by atoms with E-state index in [1.165, 1.54) is 32.1 Å². The van der Waals surface area contributed by atoms with Gasteiger partial charge in [-0.05, 0) is 18.6 Å². The van der Waals surface area contributed by atoms with Crippen LogP contribution in [0.25, 0.3) is 0 Å². The molecular weight excluding hydrogens is 224 g/mol. The second kappa shape index (κ2) is 9.69. The lowest BCUT2D eigenvalue weighted by Crippen LogP contribution is -2.07. The molecule has 2 nitrogen and oxygen atoms in total. The number of rotatable bonds is 9. The fourth-order valence-corrected chi connectivity index (χ4v) is 1.90. The molecule has 0 fully saturated rings. The summed E-state index contributed by atoms with van der Waals surface area (Å²) < 4.78 is 5.22. The third-order valence-corrected chi connectivity index (χ3v) is 2.96. The molecule has 0 heterocycles. The zero-order chi connectivity index (χ0) is 13.1. The molecular formula is C16H24O2. The molecule has 0 aliphatic carbocycles. The van der Waals surface area contributed by atoms with E-state index in [2.05, 4.69) is 6.92 Å². The lowest BCUT2D eigenvalue weighted by atomic mass is 10.1. The maximum atomic E-state index is 11.5. The lowest BCUT2D eigenvalue weighted by Gasteiger charge is -2.04. The van der Waals surface area contributed by atoms with E-state index in [-0.39, 0.29) is 5.97 Å². The minimum atomic E-state index is -0.116. The van der Waals surface area contributed by atoms with Crippen LogP contribution in [0.5, 0.6) is 5.75 Å². The number of hydrogen-bond acceptors (Lipinski definition) is 2. The van der Waals surface area contributed by atoms with Crippen LogP contribution in [-0.2, 0) is 4.79 Å². The Morgan fingerprint density at radius 3 is 2.22 bits per heavy atom. The van der Waals surface area contributed by atoms with Crippen molar-refractivity contribution in [2.75, 3.05) is 0 Å². The first-order valence-corrected chi connectivity index (χ1v) is 7.08. The Labute approximate surface area is 110 Å². The van der Waals surface area contributed by atoms with Crippen molar-refractivity contribution in [2.24, 2.45) is 0 Å². The monoisotopic (exact) mass is 248 g/mol. The van der Waals surface area contributed by atoms with Crippen LogP contribution in [0.3, 0.4) is 0 Å². The first kappa shape index (κ1) is 14.7. The van der Waals surface area contributed by atoms with Gasteiger partial charge in [-0.3, -0.25) is 4.79 Å². The zero-order valence-electron chi connectivity index (χ0n) is 11.4. The van der Waals surface area contributed by atoms with Crippen LogP contribution in [0.2, 0.25) is 0 Å². The summed E-state index contributed by atoms with van der Waals surface area (Å²) in [6.07, 6.45) is 9.07. The Kier molecular flexibility index (Phi) is 7.94. The Bertz CT molecular complexity index is 319. The topological polar surface area (TPSA) is 26.3 Å². The van der Waals surface area contributed by atoms with Gasteiger partial charge in [0.25, 0.3) is 0 Å². The molecule has 0 amide bonds. The van der Waals surface area contributed by atoms with Gasteiger partial charge in [0, 0.05) is 6.42 Å². The first-order chi connectivity index (χ1) is 8.83. The van der Waals surface area contributed by atoms with Crippen LogP contribution in [0, 0.1) is 0 Å². The van der Waals surface area contributed by atoms with Crippen molar-refractivity contribution < 1.29 is 9.53 Å². The molecule has 0 radical (unpaired) electrons. The minimum absolute atomic E-state index is 0.116. The van der Waals surface area contributed by atoms with E-state index in [0.717, 1.165) is 12.8 Å². The van der Waals surface area contributed by atoms with Crippen molar-refractivity contribution in [1.29, 1.82) is 0 Å². The highest BCUT2D eigenvalue weighted by atomic mass is 16.5. The van der Waals surface area contributed by atoms with E-state index < -0.39 is 0 Å². The van der Waals surface area contributed by atoms with Gasteiger partial charge in [0.15, 0.2) is 0 Å². The summed E-state index contributed by atoms with van der Waals surface area (Å²) in [5.74, 6) is 0.528. The standard InChI is InChI=1S/C16H24O2/c1-2-3-4-5-6-7-11-14-16(17)18-15-12-9-8-10-13-15/h8-10,12-13H,2-7,11,14H2,1H3. The molecule has 1 aromatic carbocycles. The number of ether oxygens (including phenoxy) is 1. The second-order valence-corrected chi connectivity index (χ2v) is 4.66. The Hall–Kier alpha value is -1.31. The van der Waals surface area contributed by atoms with Crippen molar-refractivity contribution in [3.05, 3.63) is 30.3 Å². The van der Waals surface area contributed by atoms with E-state index in [4.69, 9.17) is 4.74 Å². The number of esters is 1. The number of unbranched alkanes of at least 4 members (excludes halogenated alkanes) is 6. The molecule has 2 heteroatoms. The van der Waals surface area contributed by atoms with Crippen molar-refractivity contribution >= 4 is 5.97 Å². The van der Waals surface area contributed by atoms with Gasteiger partial charge in [-0.15, -0.1) is 0 Å². The van der Waals surface area contributed by atoms with Crippen LogP contribution >= 0.6 is 0 Å². The molecule has 0 bridgehead atoms. The molecule has 1 aromatic rings. The fraction of sp³-hybridized carbons (Fsp3) is 0.562. The van der Waals surface area contributed by atoms with E-state index in [9.17, 15) is 4.79 Å². The van der Waals surface area contributed by atoms with Crippen LogP contribution in [0.4, 0.5) is 0 Å². The van der Waals surface area contributed by atoms with Crippen molar-refractivity contribution in [3.63, 3.8) is 0 Å². The molecule has 0 atom stereocenters. The molecule has 0 spiro atoms. The summed E-state index contributed by atoms with van der Waals surface area (Å²) in [6.45, 7) is 2.22. The number of benzene rings is 1. The molecule has 0 saturated heterocycles. The number of hydrogen-bond donors (Lipinski definition) is 0. The number of carbonyl (C=O) groups is 1. The first-order valence-electron chi connectivity index (χ1n) is 7.08. The molecule has 0 saturated carbocycles. The third-order valence-electron chi connectivity index (χ3n) is 2.96. The highest BCUT2D eigenvalue weighted by molar-refractivity contribution is 5.72.